The Morgan fingerprint density at radius 3 is 2.16 bits per heavy atom. The fraction of sp³-hybridized carbons (Fsp3) is 0.538. The topological polar surface area (TPSA) is 52.7 Å². The number of likely N-dealkylation sites (N-methyl/N-ethyl adjacent to an activating group) is 1. The highest BCUT2D eigenvalue weighted by Crippen LogP contribution is 2.22. The molecule has 0 saturated carbocycles. The van der Waals surface area contributed by atoms with E-state index in [4.69, 9.17) is 0 Å². The SMILES string of the molecule is CCN(c1ccc(S(=O)(=O)N(C)C)cc1)C1CNC1. The van der Waals surface area contributed by atoms with Crippen molar-refractivity contribution in [1.29, 1.82) is 0 Å². The van der Waals surface area contributed by atoms with Crippen LogP contribution >= 0.6 is 0 Å². The van der Waals surface area contributed by atoms with Crippen LogP contribution in [0.2, 0.25) is 0 Å². The summed E-state index contributed by atoms with van der Waals surface area (Å²) in [5.41, 5.74) is 1.08. The summed E-state index contributed by atoms with van der Waals surface area (Å²) < 4.78 is 25.2. The van der Waals surface area contributed by atoms with Crippen LogP contribution < -0.4 is 10.2 Å². The van der Waals surface area contributed by atoms with Gasteiger partial charge in [0.25, 0.3) is 0 Å². The summed E-state index contributed by atoms with van der Waals surface area (Å²) in [6, 6.07) is 7.65. The van der Waals surface area contributed by atoms with E-state index >= 15 is 0 Å². The molecule has 0 aliphatic carbocycles. The zero-order valence-corrected chi connectivity index (χ0v) is 12.4. The van der Waals surface area contributed by atoms with Gasteiger partial charge in [-0.05, 0) is 31.2 Å². The maximum Gasteiger partial charge on any atom is 0.242 e. The maximum absolute atomic E-state index is 12.0. The lowest BCUT2D eigenvalue weighted by Crippen LogP contribution is -2.57. The Morgan fingerprint density at radius 1 is 1.21 bits per heavy atom. The van der Waals surface area contributed by atoms with Crippen molar-refractivity contribution in [3.05, 3.63) is 24.3 Å². The van der Waals surface area contributed by atoms with Crippen molar-refractivity contribution in [1.82, 2.24) is 9.62 Å². The number of nitrogens with zero attached hydrogens (tertiary/aromatic N) is 2. The van der Waals surface area contributed by atoms with E-state index in [1.807, 2.05) is 12.1 Å². The van der Waals surface area contributed by atoms with E-state index in [0.717, 1.165) is 25.3 Å². The van der Waals surface area contributed by atoms with Crippen LogP contribution in [0.5, 0.6) is 0 Å². The van der Waals surface area contributed by atoms with E-state index in [9.17, 15) is 8.42 Å². The second-order valence-corrected chi connectivity index (χ2v) is 7.03. The molecule has 2 rings (SSSR count). The lowest BCUT2D eigenvalue weighted by molar-refractivity contribution is 0.417. The first-order valence-electron chi connectivity index (χ1n) is 6.46. The molecule has 0 unspecified atom stereocenters. The number of nitrogens with one attached hydrogen (secondary N) is 1. The first-order valence-corrected chi connectivity index (χ1v) is 7.90. The average Bonchev–Trinajstić information content (AvgIpc) is 2.33. The van der Waals surface area contributed by atoms with Gasteiger partial charge in [0.15, 0.2) is 0 Å². The molecule has 0 radical (unpaired) electrons. The van der Waals surface area contributed by atoms with Gasteiger partial charge in [0.05, 0.1) is 10.9 Å². The van der Waals surface area contributed by atoms with Gasteiger partial charge in [0, 0.05) is 39.4 Å². The van der Waals surface area contributed by atoms with Gasteiger partial charge in [-0.15, -0.1) is 0 Å². The molecule has 1 aromatic carbocycles. The van der Waals surface area contributed by atoms with Crippen molar-refractivity contribution in [2.45, 2.75) is 17.9 Å². The van der Waals surface area contributed by atoms with Crippen LogP contribution in [0.3, 0.4) is 0 Å². The summed E-state index contributed by atoms with van der Waals surface area (Å²) in [6.45, 7) is 5.02. The monoisotopic (exact) mass is 283 g/mol. The second kappa shape index (κ2) is 5.48. The van der Waals surface area contributed by atoms with E-state index in [1.54, 1.807) is 26.2 Å². The van der Waals surface area contributed by atoms with E-state index in [2.05, 4.69) is 17.1 Å². The van der Waals surface area contributed by atoms with Crippen LogP contribution in [0.4, 0.5) is 5.69 Å². The molecule has 0 bridgehead atoms. The highest BCUT2D eigenvalue weighted by Gasteiger charge is 2.24. The lowest BCUT2D eigenvalue weighted by Gasteiger charge is -2.39. The number of hydrogen-bond donors (Lipinski definition) is 1. The molecule has 1 aliphatic rings. The normalized spacial score (nSPS) is 16.4. The van der Waals surface area contributed by atoms with Crippen LogP contribution in [-0.4, -0.2) is 52.5 Å². The summed E-state index contributed by atoms with van der Waals surface area (Å²) >= 11 is 0. The Balaban J connectivity index is 2.22. The molecule has 6 heteroatoms. The van der Waals surface area contributed by atoms with E-state index in [-0.39, 0.29) is 0 Å². The maximum atomic E-state index is 12.0. The van der Waals surface area contributed by atoms with Crippen molar-refractivity contribution < 1.29 is 8.42 Å². The van der Waals surface area contributed by atoms with Gasteiger partial charge in [0.1, 0.15) is 0 Å². The average molecular weight is 283 g/mol. The van der Waals surface area contributed by atoms with E-state index in [1.165, 1.54) is 4.31 Å². The lowest BCUT2D eigenvalue weighted by atomic mass is 10.1. The third kappa shape index (κ3) is 2.75. The zero-order valence-electron chi connectivity index (χ0n) is 11.6. The molecule has 19 heavy (non-hydrogen) atoms. The van der Waals surface area contributed by atoms with Gasteiger partial charge in [-0.2, -0.15) is 0 Å². The molecule has 5 nitrogen and oxygen atoms in total. The van der Waals surface area contributed by atoms with Gasteiger partial charge in [-0.25, -0.2) is 12.7 Å². The number of anilines is 1. The van der Waals surface area contributed by atoms with Crippen LogP contribution in [0.25, 0.3) is 0 Å². The first kappa shape index (κ1) is 14.3. The van der Waals surface area contributed by atoms with Crippen LogP contribution in [0.15, 0.2) is 29.2 Å². The Morgan fingerprint density at radius 2 is 1.79 bits per heavy atom. The molecular weight excluding hydrogens is 262 g/mol. The number of benzene rings is 1. The minimum absolute atomic E-state index is 0.337. The van der Waals surface area contributed by atoms with Crippen LogP contribution in [0.1, 0.15) is 6.92 Å². The Labute approximate surface area is 115 Å². The number of sulfonamides is 1. The Kier molecular flexibility index (Phi) is 4.13. The molecular formula is C13H21N3O2S. The summed E-state index contributed by atoms with van der Waals surface area (Å²) in [4.78, 5) is 2.63. The molecule has 106 valence electrons. The summed E-state index contributed by atoms with van der Waals surface area (Å²) in [5, 5.41) is 3.25. The quantitative estimate of drug-likeness (QED) is 0.866. The van der Waals surface area contributed by atoms with Crippen molar-refractivity contribution in [3.63, 3.8) is 0 Å². The standard InChI is InChI=1S/C13H21N3O2S/c1-4-16(12-9-14-10-12)11-5-7-13(8-6-11)19(17,18)15(2)3/h5-8,12,14H,4,9-10H2,1-3H3. The predicted octanol–water partition coefficient (Wildman–Crippen LogP) is 0.735. The molecule has 1 aromatic rings. The molecule has 1 N–H and O–H groups in total. The van der Waals surface area contributed by atoms with Gasteiger partial charge in [0.2, 0.25) is 10.0 Å². The molecule has 1 aliphatic heterocycles. The van der Waals surface area contributed by atoms with Gasteiger partial charge in [-0.1, -0.05) is 0 Å². The van der Waals surface area contributed by atoms with Gasteiger partial charge >= 0.3 is 0 Å². The second-order valence-electron chi connectivity index (χ2n) is 4.88. The molecule has 0 atom stereocenters. The van der Waals surface area contributed by atoms with E-state index in [0.29, 0.717) is 10.9 Å². The smallest absolute Gasteiger partial charge is 0.242 e. The zero-order chi connectivity index (χ0) is 14.0. The van der Waals surface area contributed by atoms with Crippen LogP contribution in [0, 0.1) is 0 Å². The summed E-state index contributed by atoms with van der Waals surface area (Å²) in [6.07, 6.45) is 0. The summed E-state index contributed by atoms with van der Waals surface area (Å²) in [5.74, 6) is 0. The minimum atomic E-state index is -3.34. The highest BCUT2D eigenvalue weighted by atomic mass is 32.2. The summed E-state index contributed by atoms with van der Waals surface area (Å²) in [7, 11) is -0.249. The van der Waals surface area contributed by atoms with Crippen molar-refractivity contribution >= 4 is 15.7 Å². The highest BCUT2D eigenvalue weighted by molar-refractivity contribution is 7.89. The number of rotatable bonds is 5. The van der Waals surface area contributed by atoms with Crippen molar-refractivity contribution in [2.75, 3.05) is 38.6 Å². The van der Waals surface area contributed by atoms with E-state index < -0.39 is 10.0 Å². The Hall–Kier alpha value is -1.11. The molecule has 1 fully saturated rings. The molecule has 1 heterocycles. The molecule has 0 amide bonds. The van der Waals surface area contributed by atoms with Gasteiger partial charge in [-0.3, -0.25) is 0 Å². The third-order valence-electron chi connectivity index (χ3n) is 3.49. The number of hydrogen-bond acceptors (Lipinski definition) is 4. The fourth-order valence-corrected chi connectivity index (χ4v) is 3.07. The van der Waals surface area contributed by atoms with Crippen molar-refractivity contribution in [2.24, 2.45) is 0 Å². The predicted molar refractivity (Wildman–Crippen MR) is 77.0 cm³/mol. The molecule has 0 aromatic heterocycles. The minimum Gasteiger partial charge on any atom is -0.366 e. The largest absolute Gasteiger partial charge is 0.366 e. The molecule has 1 saturated heterocycles. The molecule has 0 spiro atoms. The Bertz CT molecular complexity index is 521. The third-order valence-corrected chi connectivity index (χ3v) is 5.32. The fourth-order valence-electron chi connectivity index (χ4n) is 2.17. The first-order chi connectivity index (χ1) is 8.96. The van der Waals surface area contributed by atoms with Gasteiger partial charge < -0.3 is 10.2 Å². The van der Waals surface area contributed by atoms with Crippen molar-refractivity contribution in [3.8, 4) is 0 Å². The van der Waals surface area contributed by atoms with Crippen LogP contribution in [-0.2, 0) is 10.0 Å².